The van der Waals surface area contributed by atoms with Crippen LogP contribution in [-0.2, 0) is 4.79 Å². The molecule has 0 bridgehead atoms. The Labute approximate surface area is 90.4 Å². The number of primary amides is 1. The van der Waals surface area contributed by atoms with E-state index in [1.807, 2.05) is 0 Å². The van der Waals surface area contributed by atoms with Gasteiger partial charge in [0.1, 0.15) is 0 Å². The summed E-state index contributed by atoms with van der Waals surface area (Å²) in [5, 5.41) is 12.5. The molecule has 1 unspecified atom stereocenters. The van der Waals surface area contributed by atoms with Crippen molar-refractivity contribution in [1.29, 1.82) is 0 Å². The second kappa shape index (κ2) is 7.58. The Balaban J connectivity index is 0.000000162. The average Bonchev–Trinajstić information content (AvgIpc) is 2.33. The van der Waals surface area contributed by atoms with Crippen LogP contribution >= 0.6 is 0 Å². The molecule has 0 aliphatic carbocycles. The maximum Gasteiger partial charge on any atom is 0.235 e. The van der Waals surface area contributed by atoms with E-state index in [9.17, 15) is 4.79 Å². The number of nitrogens with one attached hydrogen (secondary N) is 4. The first kappa shape index (κ1) is 12.4. The van der Waals surface area contributed by atoms with Crippen LogP contribution in [0.5, 0.6) is 0 Å². The van der Waals surface area contributed by atoms with Gasteiger partial charge in [0.15, 0.2) is 0 Å². The highest BCUT2D eigenvalue weighted by atomic mass is 16.1. The Hall–Kier alpha value is -0.690. The number of hydrogen-bond acceptors (Lipinski definition) is 5. The molecular weight excluding hydrogens is 194 g/mol. The monoisotopic (exact) mass is 215 g/mol. The predicted molar refractivity (Wildman–Crippen MR) is 59.6 cm³/mol. The van der Waals surface area contributed by atoms with Crippen molar-refractivity contribution in [2.45, 2.75) is 6.04 Å². The van der Waals surface area contributed by atoms with Crippen LogP contribution in [0.15, 0.2) is 0 Å². The minimum Gasteiger partial charge on any atom is -0.368 e. The second-order valence-corrected chi connectivity index (χ2v) is 3.61. The zero-order valence-corrected chi connectivity index (χ0v) is 9.01. The third kappa shape index (κ3) is 5.68. The van der Waals surface area contributed by atoms with E-state index in [4.69, 9.17) is 5.73 Å². The van der Waals surface area contributed by atoms with E-state index in [-0.39, 0.29) is 11.9 Å². The Bertz CT molecular complexity index is 166. The van der Waals surface area contributed by atoms with Crippen LogP contribution in [0, 0.1) is 0 Å². The van der Waals surface area contributed by atoms with Gasteiger partial charge in [0.05, 0.1) is 6.04 Å². The van der Waals surface area contributed by atoms with Gasteiger partial charge in [-0.1, -0.05) is 0 Å². The number of hydrogen-bond donors (Lipinski definition) is 5. The zero-order chi connectivity index (χ0) is 10.9. The minimum absolute atomic E-state index is 0.168. The van der Waals surface area contributed by atoms with Crippen LogP contribution in [-0.4, -0.2) is 57.8 Å². The Morgan fingerprint density at radius 2 is 1.47 bits per heavy atom. The summed E-state index contributed by atoms with van der Waals surface area (Å²) in [5.74, 6) is -0.276. The van der Waals surface area contributed by atoms with Crippen molar-refractivity contribution in [3.05, 3.63) is 0 Å². The van der Waals surface area contributed by atoms with E-state index in [2.05, 4.69) is 21.3 Å². The molecule has 2 rings (SSSR count). The second-order valence-electron chi connectivity index (χ2n) is 3.61. The third-order valence-corrected chi connectivity index (χ3v) is 2.34. The Kier molecular flexibility index (Phi) is 6.26. The lowest BCUT2D eigenvalue weighted by Gasteiger charge is -2.21. The first-order valence-corrected chi connectivity index (χ1v) is 5.45. The summed E-state index contributed by atoms with van der Waals surface area (Å²) in [5.41, 5.74) is 5.03. The van der Waals surface area contributed by atoms with Crippen molar-refractivity contribution in [3.8, 4) is 0 Å². The van der Waals surface area contributed by atoms with Crippen molar-refractivity contribution in [2.75, 3.05) is 45.8 Å². The summed E-state index contributed by atoms with van der Waals surface area (Å²) in [4.78, 5) is 10.5. The summed E-state index contributed by atoms with van der Waals surface area (Å²) in [6.45, 7) is 6.97. The van der Waals surface area contributed by atoms with Crippen LogP contribution in [0.2, 0.25) is 0 Å². The van der Waals surface area contributed by atoms with Gasteiger partial charge in [-0.2, -0.15) is 0 Å². The van der Waals surface area contributed by atoms with Crippen LogP contribution in [0.3, 0.4) is 0 Å². The molecular formula is C9H21N5O. The fourth-order valence-electron chi connectivity index (χ4n) is 1.46. The lowest BCUT2D eigenvalue weighted by atomic mass is 10.2. The van der Waals surface area contributed by atoms with Gasteiger partial charge in [-0.15, -0.1) is 0 Å². The molecule has 2 aliphatic heterocycles. The molecule has 0 radical (unpaired) electrons. The van der Waals surface area contributed by atoms with E-state index < -0.39 is 0 Å². The van der Waals surface area contributed by atoms with E-state index in [0.717, 1.165) is 39.3 Å². The van der Waals surface area contributed by atoms with E-state index >= 15 is 0 Å². The molecule has 2 fully saturated rings. The number of carbonyl (C=O) groups excluding carboxylic acids is 1. The van der Waals surface area contributed by atoms with Gasteiger partial charge in [0.25, 0.3) is 0 Å². The van der Waals surface area contributed by atoms with Crippen molar-refractivity contribution in [2.24, 2.45) is 5.73 Å². The van der Waals surface area contributed by atoms with E-state index in [0.29, 0.717) is 6.54 Å². The van der Waals surface area contributed by atoms with E-state index in [1.54, 1.807) is 0 Å². The fraction of sp³-hybridized carbons (Fsp3) is 0.889. The number of amides is 1. The molecule has 6 N–H and O–H groups in total. The quantitative estimate of drug-likeness (QED) is 0.326. The highest BCUT2D eigenvalue weighted by molar-refractivity contribution is 5.80. The number of piperazine rings is 2. The zero-order valence-electron chi connectivity index (χ0n) is 9.01. The topological polar surface area (TPSA) is 91.2 Å². The number of nitrogens with two attached hydrogens (primary N) is 1. The molecule has 0 aromatic carbocycles. The largest absolute Gasteiger partial charge is 0.368 e. The summed E-state index contributed by atoms with van der Waals surface area (Å²) in [6, 6.07) is -0.168. The maximum atomic E-state index is 10.5. The predicted octanol–water partition coefficient (Wildman–Crippen LogP) is -2.79. The van der Waals surface area contributed by atoms with Crippen LogP contribution in [0.25, 0.3) is 0 Å². The standard InChI is InChI=1S/C5H11N3O.C4H10N2/c6-5(9)4-3-7-1-2-8-4;1-2-6-4-3-5-1/h4,7-8H,1-3H2,(H2,6,9);5-6H,1-4H2. The smallest absolute Gasteiger partial charge is 0.235 e. The van der Waals surface area contributed by atoms with Crippen molar-refractivity contribution in [1.82, 2.24) is 21.3 Å². The van der Waals surface area contributed by atoms with Gasteiger partial charge in [-0.05, 0) is 0 Å². The molecule has 0 spiro atoms. The first-order chi connectivity index (χ1) is 7.30. The molecule has 88 valence electrons. The molecule has 0 saturated carbocycles. The number of rotatable bonds is 1. The van der Waals surface area contributed by atoms with Gasteiger partial charge in [0.2, 0.25) is 5.91 Å². The molecule has 0 aromatic rings. The van der Waals surface area contributed by atoms with Crippen molar-refractivity contribution < 1.29 is 4.79 Å². The highest BCUT2D eigenvalue weighted by Gasteiger charge is 2.16. The molecule has 15 heavy (non-hydrogen) atoms. The summed E-state index contributed by atoms with van der Waals surface area (Å²) in [6.07, 6.45) is 0. The SMILES string of the molecule is C1CNCCN1.NC(=O)C1CNCCN1. The van der Waals surface area contributed by atoms with Gasteiger partial charge < -0.3 is 27.0 Å². The van der Waals surface area contributed by atoms with Gasteiger partial charge in [0, 0.05) is 45.8 Å². The molecule has 2 aliphatic rings. The molecule has 1 atom stereocenters. The summed E-state index contributed by atoms with van der Waals surface area (Å²) >= 11 is 0. The lowest BCUT2D eigenvalue weighted by Crippen LogP contribution is -2.54. The molecule has 2 saturated heterocycles. The molecule has 6 heteroatoms. The van der Waals surface area contributed by atoms with Crippen LogP contribution in [0.4, 0.5) is 0 Å². The van der Waals surface area contributed by atoms with Gasteiger partial charge >= 0.3 is 0 Å². The minimum atomic E-state index is -0.276. The summed E-state index contributed by atoms with van der Waals surface area (Å²) < 4.78 is 0. The average molecular weight is 215 g/mol. The normalized spacial score (nSPS) is 26.3. The summed E-state index contributed by atoms with van der Waals surface area (Å²) in [7, 11) is 0. The Morgan fingerprint density at radius 1 is 0.933 bits per heavy atom. The van der Waals surface area contributed by atoms with Crippen LogP contribution in [0.1, 0.15) is 0 Å². The molecule has 6 nitrogen and oxygen atoms in total. The molecule has 2 heterocycles. The van der Waals surface area contributed by atoms with Crippen molar-refractivity contribution in [3.63, 3.8) is 0 Å². The van der Waals surface area contributed by atoms with Gasteiger partial charge in [-0.3, -0.25) is 4.79 Å². The number of carbonyl (C=O) groups is 1. The Morgan fingerprint density at radius 3 is 1.73 bits per heavy atom. The van der Waals surface area contributed by atoms with E-state index in [1.165, 1.54) is 0 Å². The highest BCUT2D eigenvalue weighted by Crippen LogP contribution is 1.83. The molecule has 0 aromatic heterocycles. The van der Waals surface area contributed by atoms with Gasteiger partial charge in [-0.25, -0.2) is 0 Å². The molecule has 1 amide bonds. The van der Waals surface area contributed by atoms with Crippen LogP contribution < -0.4 is 27.0 Å². The lowest BCUT2D eigenvalue weighted by molar-refractivity contribution is -0.120. The third-order valence-electron chi connectivity index (χ3n) is 2.34. The first-order valence-electron chi connectivity index (χ1n) is 5.45. The maximum absolute atomic E-state index is 10.5. The van der Waals surface area contributed by atoms with Crippen molar-refractivity contribution >= 4 is 5.91 Å². The fourth-order valence-corrected chi connectivity index (χ4v) is 1.46.